The monoisotopic (exact) mass is 447 g/mol. The molecule has 6 nitrogen and oxygen atoms in total. The molecule has 0 bridgehead atoms. The van der Waals surface area contributed by atoms with E-state index in [1.807, 2.05) is 19.1 Å². The number of nitrogens with one attached hydrogen (secondary N) is 1. The van der Waals surface area contributed by atoms with E-state index in [1.54, 1.807) is 21.9 Å². The lowest BCUT2D eigenvalue weighted by atomic mass is 10.00. The Morgan fingerprint density at radius 1 is 1.00 bits per heavy atom. The lowest BCUT2D eigenvalue weighted by molar-refractivity contribution is -0.158. The minimum atomic E-state index is -0.419. The molecule has 0 radical (unpaired) electrons. The van der Waals surface area contributed by atoms with Gasteiger partial charge in [-0.15, -0.1) is 0 Å². The van der Waals surface area contributed by atoms with Crippen molar-refractivity contribution in [1.29, 1.82) is 0 Å². The molecule has 4 rings (SSSR count). The maximum absolute atomic E-state index is 12.7. The summed E-state index contributed by atoms with van der Waals surface area (Å²) in [6.45, 7) is 7.63. The number of benzene rings is 2. The van der Waals surface area contributed by atoms with Crippen LogP contribution < -0.4 is 5.32 Å². The molecule has 2 aromatic rings. The van der Waals surface area contributed by atoms with Crippen LogP contribution in [0.15, 0.2) is 42.5 Å². The van der Waals surface area contributed by atoms with E-state index >= 15 is 0 Å². The fraction of sp³-hybridized carbons (Fsp3) is 0.444. The highest BCUT2D eigenvalue weighted by Crippen LogP contribution is 2.25. The zero-order valence-corrected chi connectivity index (χ0v) is 19.8. The summed E-state index contributed by atoms with van der Waals surface area (Å²) in [7, 11) is 0. The molecule has 1 aliphatic heterocycles. The fourth-order valence-electron chi connectivity index (χ4n) is 5.06. The molecule has 1 heterocycles. The van der Waals surface area contributed by atoms with Crippen molar-refractivity contribution in [1.82, 2.24) is 15.1 Å². The molecular formula is C27H33N3O3. The van der Waals surface area contributed by atoms with Crippen LogP contribution in [0.4, 0.5) is 0 Å². The largest absolute Gasteiger partial charge is 0.346 e. The number of piperazine rings is 1. The quantitative estimate of drug-likeness (QED) is 0.683. The van der Waals surface area contributed by atoms with Crippen LogP contribution in [0.5, 0.6) is 0 Å². The van der Waals surface area contributed by atoms with Gasteiger partial charge in [-0.25, -0.2) is 0 Å². The molecule has 1 aliphatic carbocycles. The Morgan fingerprint density at radius 2 is 1.70 bits per heavy atom. The van der Waals surface area contributed by atoms with Crippen LogP contribution in [-0.2, 0) is 16.1 Å². The van der Waals surface area contributed by atoms with Crippen molar-refractivity contribution in [3.05, 3.63) is 70.3 Å². The van der Waals surface area contributed by atoms with Gasteiger partial charge < -0.3 is 15.1 Å². The first-order valence-electron chi connectivity index (χ1n) is 11.9. The van der Waals surface area contributed by atoms with Gasteiger partial charge in [-0.1, -0.05) is 48.7 Å². The van der Waals surface area contributed by atoms with Gasteiger partial charge in [0, 0.05) is 31.2 Å². The summed E-state index contributed by atoms with van der Waals surface area (Å²) in [5.41, 5.74) is 4.94. The summed E-state index contributed by atoms with van der Waals surface area (Å²) >= 11 is 0. The summed E-state index contributed by atoms with van der Waals surface area (Å²) in [5, 5.41) is 3.06. The molecule has 6 heteroatoms. The highest BCUT2D eigenvalue weighted by Gasteiger charge is 2.37. The summed E-state index contributed by atoms with van der Waals surface area (Å²) in [4.78, 5) is 41.4. The average Bonchev–Trinajstić information content (AvgIpc) is 3.32. The third kappa shape index (κ3) is 5.10. The third-order valence-electron chi connectivity index (χ3n) is 6.94. The van der Waals surface area contributed by atoms with Crippen molar-refractivity contribution in [2.45, 2.75) is 65.1 Å². The van der Waals surface area contributed by atoms with Crippen LogP contribution in [0, 0.1) is 13.8 Å². The molecule has 2 fully saturated rings. The molecule has 3 amide bonds. The van der Waals surface area contributed by atoms with Crippen molar-refractivity contribution in [2.75, 3.05) is 13.1 Å². The van der Waals surface area contributed by atoms with Gasteiger partial charge in [0.1, 0.15) is 0 Å². The van der Waals surface area contributed by atoms with Crippen LogP contribution in [-0.4, -0.2) is 46.7 Å². The molecule has 0 unspecified atom stereocenters. The first-order chi connectivity index (χ1) is 15.8. The number of carbonyl (C=O) groups excluding carboxylic acids is 3. The van der Waals surface area contributed by atoms with Crippen LogP contribution in [0.2, 0.25) is 0 Å². The molecule has 33 heavy (non-hydrogen) atoms. The molecule has 1 N–H and O–H groups in total. The molecule has 2 aromatic carbocycles. The van der Waals surface area contributed by atoms with E-state index in [0.717, 1.165) is 42.4 Å². The van der Waals surface area contributed by atoms with E-state index in [-0.39, 0.29) is 23.9 Å². The number of hydrogen-bond donors (Lipinski definition) is 1. The van der Waals surface area contributed by atoms with Gasteiger partial charge in [-0.05, 0) is 62.4 Å². The normalized spacial score (nSPS) is 18.0. The summed E-state index contributed by atoms with van der Waals surface area (Å²) < 4.78 is 0. The predicted molar refractivity (Wildman–Crippen MR) is 128 cm³/mol. The van der Waals surface area contributed by atoms with Crippen LogP contribution in [0.1, 0.15) is 71.3 Å². The van der Waals surface area contributed by atoms with E-state index in [4.69, 9.17) is 0 Å². The minimum absolute atomic E-state index is 0.0995. The zero-order valence-electron chi connectivity index (χ0n) is 19.8. The lowest BCUT2D eigenvalue weighted by Crippen LogP contribution is -2.56. The van der Waals surface area contributed by atoms with E-state index in [9.17, 15) is 14.4 Å². The molecule has 1 saturated heterocycles. The topological polar surface area (TPSA) is 69.7 Å². The first-order valence-corrected chi connectivity index (χ1v) is 11.9. The zero-order chi connectivity index (χ0) is 23.5. The molecule has 0 aromatic heterocycles. The van der Waals surface area contributed by atoms with Crippen molar-refractivity contribution >= 4 is 17.7 Å². The van der Waals surface area contributed by atoms with Gasteiger partial charge in [0.25, 0.3) is 5.91 Å². The standard InChI is InChI=1S/C27H33N3O3/c1-18-8-13-24(19(2)16-18)20(3)28-25(31)22-11-9-21(10-12-22)17-29-14-15-30(27(33)26(29)32)23-6-4-5-7-23/h8-13,16,20,23H,4-7,14-15,17H2,1-3H3,(H,28,31)/t20-/m0/s1. The summed E-state index contributed by atoms with van der Waals surface area (Å²) in [6.07, 6.45) is 4.28. The Labute approximate surface area is 196 Å². The SMILES string of the molecule is Cc1ccc([C@H](C)NC(=O)c2ccc(CN3CCN(C4CCCC4)C(=O)C3=O)cc2)c(C)c1. The van der Waals surface area contributed by atoms with Crippen LogP contribution in [0.3, 0.4) is 0 Å². The first kappa shape index (κ1) is 23.0. The molecule has 0 spiro atoms. The maximum atomic E-state index is 12.7. The van der Waals surface area contributed by atoms with Crippen LogP contribution in [0.25, 0.3) is 0 Å². The Hall–Kier alpha value is -3.15. The van der Waals surface area contributed by atoms with Crippen molar-refractivity contribution in [3.8, 4) is 0 Å². The summed E-state index contributed by atoms with van der Waals surface area (Å²) in [5.74, 6) is -0.924. The van der Waals surface area contributed by atoms with Crippen LogP contribution >= 0.6 is 0 Å². The number of nitrogens with zero attached hydrogens (tertiary/aromatic N) is 2. The highest BCUT2D eigenvalue weighted by molar-refractivity contribution is 6.35. The van der Waals surface area contributed by atoms with E-state index in [0.29, 0.717) is 25.2 Å². The molecule has 1 atom stereocenters. The molecular weight excluding hydrogens is 414 g/mol. The van der Waals surface area contributed by atoms with Gasteiger partial charge in [-0.3, -0.25) is 14.4 Å². The predicted octanol–water partition coefficient (Wildman–Crippen LogP) is 3.91. The summed E-state index contributed by atoms with van der Waals surface area (Å²) in [6, 6.07) is 13.6. The fourth-order valence-corrected chi connectivity index (χ4v) is 5.06. The molecule has 174 valence electrons. The van der Waals surface area contributed by atoms with E-state index < -0.39 is 5.91 Å². The van der Waals surface area contributed by atoms with Crippen molar-refractivity contribution < 1.29 is 14.4 Å². The van der Waals surface area contributed by atoms with Gasteiger partial charge in [0.05, 0.1) is 6.04 Å². The number of hydrogen-bond acceptors (Lipinski definition) is 3. The average molecular weight is 448 g/mol. The highest BCUT2D eigenvalue weighted by atomic mass is 16.2. The lowest BCUT2D eigenvalue weighted by Gasteiger charge is -2.37. The van der Waals surface area contributed by atoms with Gasteiger partial charge >= 0.3 is 11.8 Å². The maximum Gasteiger partial charge on any atom is 0.312 e. The smallest absolute Gasteiger partial charge is 0.312 e. The molecule has 2 aliphatic rings. The van der Waals surface area contributed by atoms with Crippen molar-refractivity contribution in [3.63, 3.8) is 0 Å². The Morgan fingerprint density at radius 3 is 2.36 bits per heavy atom. The minimum Gasteiger partial charge on any atom is -0.346 e. The van der Waals surface area contributed by atoms with Gasteiger partial charge in [0.15, 0.2) is 0 Å². The number of aryl methyl sites for hydroxylation is 2. The molecule has 1 saturated carbocycles. The second kappa shape index (κ2) is 9.77. The number of rotatable bonds is 6. The second-order valence-electron chi connectivity index (χ2n) is 9.42. The van der Waals surface area contributed by atoms with Crippen molar-refractivity contribution in [2.24, 2.45) is 0 Å². The third-order valence-corrected chi connectivity index (χ3v) is 6.94. The van der Waals surface area contributed by atoms with E-state index in [1.165, 1.54) is 5.56 Å². The Bertz CT molecular complexity index is 1040. The Balaban J connectivity index is 1.34. The van der Waals surface area contributed by atoms with Gasteiger partial charge in [-0.2, -0.15) is 0 Å². The Kier molecular flexibility index (Phi) is 6.82. The van der Waals surface area contributed by atoms with Gasteiger partial charge in [0.2, 0.25) is 0 Å². The number of amides is 3. The number of carbonyl (C=O) groups is 3. The second-order valence-corrected chi connectivity index (χ2v) is 9.42. The van der Waals surface area contributed by atoms with E-state index in [2.05, 4.69) is 37.4 Å².